The van der Waals surface area contributed by atoms with Crippen LogP contribution in [0.2, 0.25) is 5.02 Å². The number of carbonyl (C=O) groups is 2. The second-order valence-electron chi connectivity index (χ2n) is 10.7. The van der Waals surface area contributed by atoms with E-state index in [9.17, 15) is 9.59 Å². The summed E-state index contributed by atoms with van der Waals surface area (Å²) in [6, 6.07) is 17.7. The van der Waals surface area contributed by atoms with Crippen LogP contribution in [0, 0.1) is 0 Å². The third kappa shape index (κ3) is 5.48. The van der Waals surface area contributed by atoms with Crippen LogP contribution >= 0.6 is 23.4 Å². The lowest BCUT2D eigenvalue weighted by molar-refractivity contribution is -0.123. The van der Waals surface area contributed by atoms with E-state index in [2.05, 4.69) is 26.1 Å². The first-order chi connectivity index (χ1) is 18.2. The molecule has 0 spiro atoms. The van der Waals surface area contributed by atoms with Gasteiger partial charge in [-0.3, -0.25) is 14.5 Å². The van der Waals surface area contributed by atoms with Gasteiger partial charge in [0, 0.05) is 29.3 Å². The number of hydrogen-bond donors (Lipinski definition) is 1. The molecule has 9 heteroatoms. The van der Waals surface area contributed by atoms with Crippen molar-refractivity contribution in [3.63, 3.8) is 0 Å². The molecule has 2 unspecified atom stereocenters. The number of amides is 2. The lowest BCUT2D eigenvalue weighted by Gasteiger charge is -2.29. The summed E-state index contributed by atoms with van der Waals surface area (Å²) in [6.07, 6.45) is 1.96. The Bertz CT molecular complexity index is 1320. The minimum absolute atomic E-state index is 0.0271. The molecule has 1 fully saturated rings. The molecule has 2 aliphatic rings. The smallest absolute Gasteiger partial charge is 0.240 e. The Hall–Kier alpha value is -2.81. The zero-order valence-electron chi connectivity index (χ0n) is 21.9. The third-order valence-corrected chi connectivity index (χ3v) is 8.39. The Balaban J connectivity index is 1.64. The second kappa shape index (κ2) is 11.1. The number of carbonyl (C=O) groups excluding carboxylic acids is 2. The Labute approximate surface area is 232 Å². The Morgan fingerprint density at radius 2 is 1.89 bits per heavy atom. The van der Waals surface area contributed by atoms with Gasteiger partial charge in [0.1, 0.15) is 12.4 Å². The largest absolute Gasteiger partial charge is 0.376 e. The van der Waals surface area contributed by atoms with Crippen LogP contribution in [0.4, 0.5) is 5.82 Å². The molecule has 2 amide bonds. The molecule has 0 saturated carbocycles. The number of rotatable bonds is 6. The van der Waals surface area contributed by atoms with E-state index in [1.807, 2.05) is 59.3 Å². The normalized spacial score (nSPS) is 19.8. The van der Waals surface area contributed by atoms with Crippen LogP contribution in [-0.2, 0) is 19.9 Å². The van der Waals surface area contributed by atoms with Crippen LogP contribution in [0.1, 0.15) is 50.0 Å². The van der Waals surface area contributed by atoms with Crippen LogP contribution in [0.15, 0.2) is 54.6 Å². The van der Waals surface area contributed by atoms with Crippen molar-refractivity contribution in [2.75, 3.05) is 30.3 Å². The fourth-order valence-electron chi connectivity index (χ4n) is 4.96. The van der Waals surface area contributed by atoms with Crippen LogP contribution in [0.5, 0.6) is 0 Å². The highest BCUT2D eigenvalue weighted by molar-refractivity contribution is 8.00. The van der Waals surface area contributed by atoms with Gasteiger partial charge in [-0.25, -0.2) is 4.68 Å². The summed E-state index contributed by atoms with van der Waals surface area (Å²) in [5.74, 6) is 0.498. The van der Waals surface area contributed by atoms with Crippen molar-refractivity contribution in [1.29, 1.82) is 0 Å². The van der Waals surface area contributed by atoms with E-state index < -0.39 is 5.54 Å². The van der Waals surface area contributed by atoms with Crippen molar-refractivity contribution in [2.45, 2.75) is 50.5 Å². The number of nitrogens with one attached hydrogen (secondary N) is 1. The van der Waals surface area contributed by atoms with E-state index in [-0.39, 0.29) is 35.5 Å². The van der Waals surface area contributed by atoms with Crippen molar-refractivity contribution in [3.05, 3.63) is 70.7 Å². The van der Waals surface area contributed by atoms with Crippen LogP contribution in [-0.4, -0.2) is 53.1 Å². The number of halogens is 1. The number of nitrogens with zero attached hydrogens (tertiary/aromatic N) is 3. The molecule has 0 radical (unpaired) electrons. The Morgan fingerprint density at radius 1 is 1.16 bits per heavy atom. The number of benzene rings is 2. The molecule has 1 aromatic heterocycles. The van der Waals surface area contributed by atoms with Gasteiger partial charge in [-0.2, -0.15) is 5.10 Å². The van der Waals surface area contributed by atoms with E-state index in [1.54, 1.807) is 4.90 Å². The number of anilines is 1. The molecule has 1 saturated heterocycles. The van der Waals surface area contributed by atoms with Crippen molar-refractivity contribution in [3.8, 4) is 11.3 Å². The first kappa shape index (κ1) is 26.8. The topological polar surface area (TPSA) is 76.5 Å². The predicted molar refractivity (Wildman–Crippen MR) is 153 cm³/mol. The SMILES string of the molecule is CC(C)(C)n1nc(-c2ccccc2)c2c1N(CC(=O)NCC1CCCO1)C(=O)CSC2c1ccccc1Cl. The van der Waals surface area contributed by atoms with Crippen molar-refractivity contribution in [1.82, 2.24) is 15.1 Å². The molecule has 7 nitrogen and oxygen atoms in total. The van der Waals surface area contributed by atoms with Gasteiger partial charge < -0.3 is 10.1 Å². The van der Waals surface area contributed by atoms with Crippen molar-refractivity contribution < 1.29 is 14.3 Å². The zero-order chi connectivity index (χ0) is 26.9. The fraction of sp³-hybridized carbons (Fsp3) is 0.414. The van der Waals surface area contributed by atoms with Gasteiger partial charge in [0.25, 0.3) is 0 Å². The second-order valence-corrected chi connectivity index (χ2v) is 12.2. The molecule has 1 N–H and O–H groups in total. The standard InChI is InChI=1S/C29H33ClN4O3S/c1-29(2,3)34-28-25(26(32-34)19-10-5-4-6-11-19)27(21-13-7-8-14-22(21)30)38-18-24(36)33(28)17-23(35)31-16-20-12-9-15-37-20/h4-8,10-11,13-14,20,27H,9,12,15-18H2,1-3H3,(H,31,35). The van der Waals surface area contributed by atoms with Gasteiger partial charge >= 0.3 is 0 Å². The molecular weight excluding hydrogens is 520 g/mol. The van der Waals surface area contributed by atoms with Crippen molar-refractivity contribution >= 4 is 41.0 Å². The number of thioether (sulfide) groups is 1. The molecule has 200 valence electrons. The van der Waals surface area contributed by atoms with Gasteiger partial charge in [0.2, 0.25) is 11.8 Å². The minimum atomic E-state index is -0.455. The van der Waals surface area contributed by atoms with Gasteiger partial charge in [0.05, 0.1) is 28.3 Å². The Kier molecular flexibility index (Phi) is 7.84. The fourth-order valence-corrected chi connectivity index (χ4v) is 6.51. The number of ether oxygens (including phenoxy) is 1. The molecule has 38 heavy (non-hydrogen) atoms. The molecule has 0 bridgehead atoms. The lowest BCUT2D eigenvalue weighted by atomic mass is 9.99. The van der Waals surface area contributed by atoms with Crippen LogP contribution < -0.4 is 10.2 Å². The van der Waals surface area contributed by atoms with Gasteiger partial charge in [-0.05, 0) is 45.2 Å². The average Bonchev–Trinajstić information content (AvgIpc) is 3.53. The van der Waals surface area contributed by atoms with Crippen molar-refractivity contribution in [2.24, 2.45) is 0 Å². The highest BCUT2D eigenvalue weighted by Gasteiger charge is 2.39. The van der Waals surface area contributed by atoms with Gasteiger partial charge in [-0.15, -0.1) is 11.8 Å². The van der Waals surface area contributed by atoms with E-state index in [1.165, 1.54) is 11.8 Å². The molecule has 0 aliphatic carbocycles. The highest BCUT2D eigenvalue weighted by Crippen LogP contribution is 2.50. The summed E-state index contributed by atoms with van der Waals surface area (Å²) in [5.41, 5.74) is 3.09. The van der Waals surface area contributed by atoms with Gasteiger partial charge in [0.15, 0.2) is 0 Å². The number of fused-ring (bicyclic) bond motifs is 1. The predicted octanol–water partition coefficient (Wildman–Crippen LogP) is 5.42. The quantitative estimate of drug-likeness (QED) is 0.442. The summed E-state index contributed by atoms with van der Waals surface area (Å²) in [7, 11) is 0. The molecular formula is C29H33ClN4O3S. The summed E-state index contributed by atoms with van der Waals surface area (Å²) < 4.78 is 7.55. The third-order valence-electron chi connectivity index (χ3n) is 6.81. The molecule has 2 aromatic carbocycles. The Morgan fingerprint density at radius 3 is 2.58 bits per heavy atom. The summed E-state index contributed by atoms with van der Waals surface area (Å²) in [5, 5.41) is 8.46. The molecule has 2 atom stereocenters. The maximum absolute atomic E-state index is 13.7. The first-order valence-electron chi connectivity index (χ1n) is 13.0. The number of hydrogen-bond acceptors (Lipinski definition) is 5. The summed E-state index contributed by atoms with van der Waals surface area (Å²) >= 11 is 8.24. The van der Waals surface area contributed by atoms with E-state index >= 15 is 0 Å². The maximum atomic E-state index is 13.7. The molecule has 5 rings (SSSR count). The van der Waals surface area contributed by atoms with E-state index in [4.69, 9.17) is 21.4 Å². The first-order valence-corrected chi connectivity index (χ1v) is 14.4. The maximum Gasteiger partial charge on any atom is 0.240 e. The lowest BCUT2D eigenvalue weighted by Crippen LogP contribution is -2.45. The average molecular weight is 553 g/mol. The molecule has 3 aromatic rings. The summed E-state index contributed by atoms with van der Waals surface area (Å²) in [6.45, 7) is 7.23. The van der Waals surface area contributed by atoms with Crippen LogP contribution in [0.25, 0.3) is 11.3 Å². The molecule has 3 heterocycles. The zero-order valence-corrected chi connectivity index (χ0v) is 23.5. The number of aromatic nitrogens is 2. The molecule has 2 aliphatic heterocycles. The van der Waals surface area contributed by atoms with Gasteiger partial charge in [-0.1, -0.05) is 60.1 Å². The monoisotopic (exact) mass is 552 g/mol. The van der Waals surface area contributed by atoms with E-state index in [0.717, 1.165) is 41.8 Å². The summed E-state index contributed by atoms with van der Waals surface area (Å²) in [4.78, 5) is 28.5. The van der Waals surface area contributed by atoms with Crippen LogP contribution in [0.3, 0.4) is 0 Å². The van der Waals surface area contributed by atoms with E-state index in [0.29, 0.717) is 17.4 Å². The minimum Gasteiger partial charge on any atom is -0.376 e. The highest BCUT2D eigenvalue weighted by atomic mass is 35.5.